The lowest BCUT2D eigenvalue weighted by Gasteiger charge is -2.20. The minimum Gasteiger partial charge on any atom is -0.492 e. The predicted octanol–water partition coefficient (Wildman–Crippen LogP) is 2.13. The second-order valence-corrected chi connectivity index (χ2v) is 6.66. The maximum absolute atomic E-state index is 15.0. The van der Waals surface area contributed by atoms with Gasteiger partial charge < -0.3 is 30.2 Å². The summed E-state index contributed by atoms with van der Waals surface area (Å²) in [6, 6.07) is -0.0395. The van der Waals surface area contributed by atoms with Crippen LogP contribution in [0.1, 0.15) is 42.6 Å². The van der Waals surface area contributed by atoms with Gasteiger partial charge in [0, 0.05) is 18.8 Å². The zero-order valence-corrected chi connectivity index (χ0v) is 16.1. The van der Waals surface area contributed by atoms with Gasteiger partial charge in [-0.2, -0.15) is 0 Å². The van der Waals surface area contributed by atoms with Crippen molar-refractivity contribution in [2.24, 2.45) is 0 Å². The normalized spacial score (nSPS) is 13.3. The molecule has 0 atom stereocenters. The number of benzene rings is 1. The Kier molecular flexibility index (Phi) is 5.62. The Morgan fingerprint density at radius 2 is 2.10 bits per heavy atom. The number of carboxylic acid groups (broad SMARTS) is 1. The van der Waals surface area contributed by atoms with Gasteiger partial charge in [0.25, 0.3) is 0 Å². The molecule has 1 aliphatic rings. The molecule has 1 aromatic carbocycles. The molecule has 0 aliphatic heterocycles. The first-order chi connectivity index (χ1) is 13.8. The summed E-state index contributed by atoms with van der Waals surface area (Å²) in [6.45, 7) is 1.97. The third-order valence-electron chi connectivity index (χ3n) is 4.71. The number of fused-ring (bicyclic) bond motifs is 1. The van der Waals surface area contributed by atoms with Gasteiger partial charge in [-0.15, -0.1) is 0 Å². The number of aromatic nitrogens is 1. The Bertz CT molecular complexity index is 1040. The molecular formula is C19H22FN3O6. The van der Waals surface area contributed by atoms with E-state index >= 15 is 4.39 Å². The van der Waals surface area contributed by atoms with Crippen molar-refractivity contribution in [3.8, 4) is 5.75 Å². The number of carbonyl (C=O) groups is 2. The SMILES string of the molecule is CCOC(=O)CCNc1c(F)c(N)c2c(=O)c(C(=O)O)cn(C3CC3)c2c1OC. The van der Waals surface area contributed by atoms with Crippen molar-refractivity contribution in [2.75, 3.05) is 31.3 Å². The first kappa shape index (κ1) is 20.4. The molecule has 0 bridgehead atoms. The summed E-state index contributed by atoms with van der Waals surface area (Å²) in [5, 5.41) is 11.9. The van der Waals surface area contributed by atoms with Gasteiger partial charge in [-0.05, 0) is 19.8 Å². The van der Waals surface area contributed by atoms with Gasteiger partial charge in [0.1, 0.15) is 11.3 Å². The van der Waals surface area contributed by atoms with Crippen LogP contribution in [0.15, 0.2) is 11.0 Å². The number of methoxy groups -OCH3 is 1. The number of hydrogen-bond acceptors (Lipinski definition) is 7. The number of aromatic carboxylic acids is 1. The number of hydrogen-bond donors (Lipinski definition) is 3. The highest BCUT2D eigenvalue weighted by Crippen LogP contribution is 2.44. The van der Waals surface area contributed by atoms with Gasteiger partial charge in [-0.3, -0.25) is 9.59 Å². The van der Waals surface area contributed by atoms with Crippen LogP contribution in [0, 0.1) is 5.82 Å². The van der Waals surface area contributed by atoms with E-state index in [-0.39, 0.29) is 48.0 Å². The summed E-state index contributed by atoms with van der Waals surface area (Å²) in [6.07, 6.45) is 2.79. The van der Waals surface area contributed by atoms with Crippen LogP contribution in [-0.4, -0.2) is 41.9 Å². The number of anilines is 2. The fourth-order valence-corrected chi connectivity index (χ4v) is 3.25. The minimum absolute atomic E-state index is 0.0121. The smallest absolute Gasteiger partial charge is 0.341 e. The molecule has 0 radical (unpaired) electrons. The van der Waals surface area contributed by atoms with Gasteiger partial charge in [0.2, 0.25) is 5.43 Å². The van der Waals surface area contributed by atoms with Crippen molar-refractivity contribution in [3.05, 3.63) is 27.8 Å². The number of carbonyl (C=O) groups excluding carboxylic acids is 1. The molecule has 3 rings (SSSR count). The molecule has 0 spiro atoms. The van der Waals surface area contributed by atoms with E-state index in [2.05, 4.69) is 5.32 Å². The Morgan fingerprint density at radius 3 is 2.66 bits per heavy atom. The first-order valence-electron chi connectivity index (χ1n) is 9.18. The molecule has 1 aromatic heterocycles. The molecule has 1 fully saturated rings. The van der Waals surface area contributed by atoms with Crippen LogP contribution >= 0.6 is 0 Å². The van der Waals surface area contributed by atoms with E-state index in [0.29, 0.717) is 0 Å². The van der Waals surface area contributed by atoms with Crippen LogP contribution < -0.4 is 21.2 Å². The highest BCUT2D eigenvalue weighted by atomic mass is 19.1. The van der Waals surface area contributed by atoms with Crippen molar-refractivity contribution in [1.29, 1.82) is 0 Å². The molecule has 1 heterocycles. The van der Waals surface area contributed by atoms with E-state index in [1.165, 1.54) is 13.3 Å². The Labute approximate surface area is 165 Å². The van der Waals surface area contributed by atoms with Gasteiger partial charge in [-0.1, -0.05) is 0 Å². The van der Waals surface area contributed by atoms with Crippen molar-refractivity contribution in [2.45, 2.75) is 32.2 Å². The molecule has 156 valence electrons. The lowest BCUT2D eigenvalue weighted by atomic mass is 10.1. The lowest BCUT2D eigenvalue weighted by Crippen LogP contribution is -2.21. The van der Waals surface area contributed by atoms with Crippen LogP contribution in [0.2, 0.25) is 0 Å². The Hall–Kier alpha value is -3.30. The number of carboxylic acids is 1. The van der Waals surface area contributed by atoms with Crippen LogP contribution in [0.5, 0.6) is 5.75 Å². The summed E-state index contributed by atoms with van der Waals surface area (Å²) in [5.41, 5.74) is 4.21. The third-order valence-corrected chi connectivity index (χ3v) is 4.71. The van der Waals surface area contributed by atoms with Gasteiger partial charge >= 0.3 is 11.9 Å². The molecule has 0 amide bonds. The van der Waals surface area contributed by atoms with Crippen LogP contribution in [0.25, 0.3) is 10.9 Å². The van der Waals surface area contributed by atoms with E-state index in [1.54, 1.807) is 11.5 Å². The lowest BCUT2D eigenvalue weighted by molar-refractivity contribution is -0.142. The molecule has 29 heavy (non-hydrogen) atoms. The fraction of sp³-hybridized carbons (Fsp3) is 0.421. The molecule has 0 saturated heterocycles. The standard InChI is InChI=1S/C19H22FN3O6/c1-3-29-11(24)6-7-22-15-13(20)14(21)12-16(18(15)28-2)23(9-4-5-9)8-10(17(12)25)19(26)27/h8-9,22H,3-7,21H2,1-2H3,(H,26,27). The summed E-state index contributed by atoms with van der Waals surface area (Å²) in [5.74, 6) is -2.78. The maximum atomic E-state index is 15.0. The highest BCUT2D eigenvalue weighted by Gasteiger charge is 2.31. The number of rotatable bonds is 8. The summed E-state index contributed by atoms with van der Waals surface area (Å²) in [7, 11) is 1.31. The minimum atomic E-state index is -1.42. The number of pyridine rings is 1. The largest absolute Gasteiger partial charge is 0.492 e. The predicted molar refractivity (Wildman–Crippen MR) is 104 cm³/mol. The second-order valence-electron chi connectivity index (χ2n) is 6.66. The molecular weight excluding hydrogens is 385 g/mol. The van der Waals surface area contributed by atoms with E-state index in [9.17, 15) is 19.5 Å². The Balaban J connectivity index is 2.19. The number of nitrogens with zero attached hydrogens (tertiary/aromatic N) is 1. The number of nitrogens with two attached hydrogens (primary N) is 1. The monoisotopic (exact) mass is 407 g/mol. The highest BCUT2D eigenvalue weighted by molar-refractivity contribution is 6.03. The quantitative estimate of drug-likeness (QED) is 0.448. The zero-order valence-electron chi connectivity index (χ0n) is 16.1. The molecule has 10 heteroatoms. The van der Waals surface area contributed by atoms with Crippen LogP contribution in [-0.2, 0) is 9.53 Å². The van der Waals surface area contributed by atoms with Gasteiger partial charge in [-0.25, -0.2) is 9.18 Å². The van der Waals surface area contributed by atoms with Gasteiger partial charge in [0.05, 0.1) is 36.7 Å². The maximum Gasteiger partial charge on any atom is 0.341 e. The molecule has 2 aromatic rings. The molecule has 1 aliphatic carbocycles. The van der Waals surface area contributed by atoms with Gasteiger partial charge in [0.15, 0.2) is 11.6 Å². The van der Waals surface area contributed by atoms with Crippen molar-refractivity contribution < 1.29 is 28.6 Å². The second kappa shape index (κ2) is 7.98. The number of nitrogen functional groups attached to an aromatic ring is 1. The molecule has 9 nitrogen and oxygen atoms in total. The number of halogens is 1. The van der Waals surface area contributed by atoms with E-state index < -0.39 is 34.4 Å². The molecule has 1 saturated carbocycles. The zero-order chi connectivity index (χ0) is 21.3. The number of ether oxygens (including phenoxy) is 2. The van der Waals surface area contributed by atoms with Crippen molar-refractivity contribution in [3.63, 3.8) is 0 Å². The van der Waals surface area contributed by atoms with Crippen LogP contribution in [0.4, 0.5) is 15.8 Å². The van der Waals surface area contributed by atoms with Crippen molar-refractivity contribution in [1.82, 2.24) is 4.57 Å². The molecule has 0 unspecified atom stereocenters. The number of esters is 1. The average molecular weight is 407 g/mol. The first-order valence-corrected chi connectivity index (χ1v) is 9.18. The van der Waals surface area contributed by atoms with E-state index in [4.69, 9.17) is 15.2 Å². The topological polar surface area (TPSA) is 133 Å². The third kappa shape index (κ3) is 3.69. The van der Waals surface area contributed by atoms with E-state index in [0.717, 1.165) is 12.8 Å². The van der Waals surface area contributed by atoms with Crippen LogP contribution in [0.3, 0.4) is 0 Å². The Morgan fingerprint density at radius 1 is 1.41 bits per heavy atom. The number of nitrogens with one attached hydrogen (secondary N) is 1. The van der Waals surface area contributed by atoms with E-state index in [1.807, 2.05) is 0 Å². The van der Waals surface area contributed by atoms with Crippen molar-refractivity contribution >= 4 is 34.2 Å². The molecule has 4 N–H and O–H groups in total. The summed E-state index contributed by atoms with van der Waals surface area (Å²) >= 11 is 0. The summed E-state index contributed by atoms with van der Waals surface area (Å²) in [4.78, 5) is 35.8. The summed E-state index contributed by atoms with van der Waals surface area (Å²) < 4.78 is 26.9. The average Bonchev–Trinajstić information content (AvgIpc) is 3.50. The fourth-order valence-electron chi connectivity index (χ4n) is 3.25.